The van der Waals surface area contributed by atoms with E-state index in [9.17, 15) is 4.79 Å². The fraction of sp³-hybridized carbons (Fsp3) is 0.269. The number of amides is 1. The SMILES string of the molecule is O=C(c1cccc2c1OCCO2)N1CCN(C(c2ccccc2)c2ccc(Br)cc2)CC1. The molecule has 32 heavy (non-hydrogen) atoms. The smallest absolute Gasteiger partial charge is 0.257 e. The van der Waals surface area contributed by atoms with E-state index in [0.717, 1.165) is 17.6 Å². The molecule has 2 heterocycles. The molecule has 2 aliphatic heterocycles. The molecule has 0 aliphatic carbocycles. The molecule has 0 saturated carbocycles. The van der Waals surface area contributed by atoms with E-state index in [0.29, 0.717) is 43.4 Å². The third-order valence-electron chi connectivity index (χ3n) is 6.06. The molecule has 0 aromatic heterocycles. The number of fused-ring (bicyclic) bond motifs is 1. The van der Waals surface area contributed by atoms with Crippen LogP contribution in [-0.4, -0.2) is 55.1 Å². The number of hydrogen-bond donors (Lipinski definition) is 0. The number of carbonyl (C=O) groups excluding carboxylic acids is 1. The van der Waals surface area contributed by atoms with Gasteiger partial charge in [-0.1, -0.05) is 64.5 Å². The maximum atomic E-state index is 13.3. The van der Waals surface area contributed by atoms with Crippen LogP contribution in [-0.2, 0) is 0 Å². The Morgan fingerprint density at radius 1 is 0.781 bits per heavy atom. The van der Waals surface area contributed by atoms with E-state index in [4.69, 9.17) is 9.47 Å². The molecule has 0 radical (unpaired) electrons. The third-order valence-corrected chi connectivity index (χ3v) is 6.59. The molecule has 0 spiro atoms. The summed E-state index contributed by atoms with van der Waals surface area (Å²) in [6.07, 6.45) is 0. The summed E-state index contributed by atoms with van der Waals surface area (Å²) < 4.78 is 12.5. The fourth-order valence-corrected chi connectivity index (χ4v) is 4.75. The standard InChI is InChI=1S/C26H25BrN2O3/c27-21-11-9-20(10-12-21)24(19-5-2-1-3-6-19)28-13-15-29(16-14-28)26(30)22-7-4-8-23-25(22)32-18-17-31-23/h1-12,24H,13-18H2. The van der Waals surface area contributed by atoms with Gasteiger partial charge in [-0.2, -0.15) is 0 Å². The average molecular weight is 493 g/mol. The second-order valence-electron chi connectivity index (χ2n) is 8.02. The minimum absolute atomic E-state index is 0.00639. The van der Waals surface area contributed by atoms with Gasteiger partial charge in [0, 0.05) is 30.7 Å². The summed E-state index contributed by atoms with van der Waals surface area (Å²) in [4.78, 5) is 17.7. The first kappa shape index (κ1) is 21.0. The number of para-hydroxylation sites is 1. The molecule has 3 aromatic rings. The molecule has 3 aromatic carbocycles. The first-order valence-corrected chi connectivity index (χ1v) is 11.7. The van der Waals surface area contributed by atoms with E-state index in [-0.39, 0.29) is 11.9 Å². The van der Waals surface area contributed by atoms with Crippen LogP contribution in [0, 0.1) is 0 Å². The lowest BCUT2D eigenvalue weighted by Gasteiger charge is -2.40. The lowest BCUT2D eigenvalue weighted by molar-refractivity contribution is 0.0589. The summed E-state index contributed by atoms with van der Waals surface area (Å²) in [7, 11) is 0. The van der Waals surface area contributed by atoms with Crippen molar-refractivity contribution in [3.8, 4) is 11.5 Å². The topological polar surface area (TPSA) is 42.0 Å². The van der Waals surface area contributed by atoms with Crippen molar-refractivity contribution in [1.82, 2.24) is 9.80 Å². The van der Waals surface area contributed by atoms with E-state index < -0.39 is 0 Å². The van der Waals surface area contributed by atoms with E-state index in [2.05, 4.69) is 69.4 Å². The number of nitrogens with zero attached hydrogens (tertiary/aromatic N) is 2. The number of ether oxygens (including phenoxy) is 2. The summed E-state index contributed by atoms with van der Waals surface area (Å²) >= 11 is 3.54. The van der Waals surface area contributed by atoms with Gasteiger partial charge in [0.25, 0.3) is 5.91 Å². The van der Waals surface area contributed by atoms with E-state index in [1.165, 1.54) is 11.1 Å². The highest BCUT2D eigenvalue weighted by atomic mass is 79.9. The van der Waals surface area contributed by atoms with E-state index in [1.807, 2.05) is 29.2 Å². The van der Waals surface area contributed by atoms with Crippen LogP contribution in [0.15, 0.2) is 77.3 Å². The molecule has 0 bridgehead atoms. The van der Waals surface area contributed by atoms with Gasteiger partial charge in [-0.05, 0) is 35.4 Å². The Bertz CT molecular complexity index is 1080. The van der Waals surface area contributed by atoms with Crippen LogP contribution in [0.3, 0.4) is 0 Å². The fourth-order valence-electron chi connectivity index (χ4n) is 4.49. The van der Waals surface area contributed by atoms with Crippen molar-refractivity contribution in [2.45, 2.75) is 6.04 Å². The van der Waals surface area contributed by atoms with Crippen molar-refractivity contribution in [2.24, 2.45) is 0 Å². The van der Waals surface area contributed by atoms with Gasteiger partial charge in [0.05, 0.1) is 11.6 Å². The van der Waals surface area contributed by atoms with Crippen molar-refractivity contribution in [2.75, 3.05) is 39.4 Å². The third kappa shape index (κ3) is 4.25. The molecule has 1 saturated heterocycles. The Morgan fingerprint density at radius 3 is 2.22 bits per heavy atom. The maximum Gasteiger partial charge on any atom is 0.257 e. The zero-order valence-electron chi connectivity index (χ0n) is 17.7. The summed E-state index contributed by atoms with van der Waals surface area (Å²) in [5.74, 6) is 1.23. The van der Waals surface area contributed by atoms with Gasteiger partial charge < -0.3 is 14.4 Å². The molecular weight excluding hydrogens is 468 g/mol. The van der Waals surface area contributed by atoms with Crippen LogP contribution in [0.2, 0.25) is 0 Å². The number of halogens is 1. The Labute approximate surface area is 196 Å². The highest BCUT2D eigenvalue weighted by molar-refractivity contribution is 9.10. The zero-order valence-corrected chi connectivity index (χ0v) is 19.3. The predicted molar refractivity (Wildman–Crippen MR) is 127 cm³/mol. The number of rotatable bonds is 4. The second kappa shape index (κ2) is 9.35. The van der Waals surface area contributed by atoms with Gasteiger partial charge in [-0.25, -0.2) is 0 Å². The van der Waals surface area contributed by atoms with Crippen molar-refractivity contribution >= 4 is 21.8 Å². The van der Waals surface area contributed by atoms with Crippen LogP contribution in [0.4, 0.5) is 0 Å². The monoisotopic (exact) mass is 492 g/mol. The molecule has 164 valence electrons. The number of hydrogen-bond acceptors (Lipinski definition) is 4. The number of carbonyl (C=O) groups is 1. The zero-order chi connectivity index (χ0) is 21.9. The van der Waals surface area contributed by atoms with Gasteiger partial charge in [0.1, 0.15) is 13.2 Å². The molecular formula is C26H25BrN2O3. The van der Waals surface area contributed by atoms with Gasteiger partial charge >= 0.3 is 0 Å². The number of benzene rings is 3. The number of piperazine rings is 1. The quantitative estimate of drug-likeness (QED) is 0.526. The van der Waals surface area contributed by atoms with Crippen molar-refractivity contribution in [3.63, 3.8) is 0 Å². The summed E-state index contributed by atoms with van der Waals surface area (Å²) in [5.41, 5.74) is 3.10. The molecule has 1 fully saturated rings. The Morgan fingerprint density at radius 2 is 1.47 bits per heavy atom. The van der Waals surface area contributed by atoms with Crippen molar-refractivity contribution < 1.29 is 14.3 Å². The van der Waals surface area contributed by atoms with E-state index in [1.54, 1.807) is 0 Å². The average Bonchev–Trinajstić information content (AvgIpc) is 2.86. The normalized spacial score (nSPS) is 17.1. The lowest BCUT2D eigenvalue weighted by atomic mass is 9.96. The first-order chi connectivity index (χ1) is 15.7. The Kier molecular flexibility index (Phi) is 6.14. The molecule has 2 aliphatic rings. The predicted octanol–water partition coefficient (Wildman–Crippen LogP) is 4.77. The highest BCUT2D eigenvalue weighted by Gasteiger charge is 2.30. The molecule has 0 N–H and O–H groups in total. The van der Waals surface area contributed by atoms with Gasteiger partial charge in [0.2, 0.25) is 0 Å². The van der Waals surface area contributed by atoms with Crippen molar-refractivity contribution in [1.29, 1.82) is 0 Å². The van der Waals surface area contributed by atoms with Gasteiger partial charge in [0.15, 0.2) is 11.5 Å². The largest absolute Gasteiger partial charge is 0.486 e. The van der Waals surface area contributed by atoms with Crippen molar-refractivity contribution in [3.05, 3.63) is 94.0 Å². The Hall–Kier alpha value is -2.83. The first-order valence-electron chi connectivity index (χ1n) is 10.9. The van der Waals surface area contributed by atoms with Crippen LogP contribution in [0.1, 0.15) is 27.5 Å². The van der Waals surface area contributed by atoms with E-state index >= 15 is 0 Å². The maximum absolute atomic E-state index is 13.3. The minimum Gasteiger partial charge on any atom is -0.486 e. The van der Waals surface area contributed by atoms with Crippen LogP contribution < -0.4 is 9.47 Å². The van der Waals surface area contributed by atoms with Gasteiger partial charge in [-0.3, -0.25) is 9.69 Å². The summed E-state index contributed by atoms with van der Waals surface area (Å²) in [6.45, 7) is 3.92. The molecule has 6 heteroatoms. The Balaban J connectivity index is 1.35. The highest BCUT2D eigenvalue weighted by Crippen LogP contribution is 2.35. The second-order valence-corrected chi connectivity index (χ2v) is 8.94. The molecule has 1 atom stereocenters. The molecule has 1 amide bonds. The molecule has 5 nitrogen and oxygen atoms in total. The molecule has 5 rings (SSSR count). The van der Waals surface area contributed by atoms with Crippen LogP contribution in [0.5, 0.6) is 11.5 Å². The van der Waals surface area contributed by atoms with Crippen LogP contribution in [0.25, 0.3) is 0 Å². The molecule has 1 unspecified atom stereocenters. The lowest BCUT2D eigenvalue weighted by Crippen LogP contribution is -2.50. The van der Waals surface area contributed by atoms with Gasteiger partial charge in [-0.15, -0.1) is 0 Å². The summed E-state index contributed by atoms with van der Waals surface area (Å²) in [6, 6.07) is 24.8. The van der Waals surface area contributed by atoms with Crippen LogP contribution >= 0.6 is 15.9 Å². The minimum atomic E-state index is 0.00639. The summed E-state index contributed by atoms with van der Waals surface area (Å²) in [5, 5.41) is 0.